The molecule has 1 heterocycles. The summed E-state index contributed by atoms with van der Waals surface area (Å²) >= 11 is 0. The second-order valence-electron chi connectivity index (χ2n) is 7.17. The second kappa shape index (κ2) is 7.24. The van der Waals surface area contributed by atoms with Gasteiger partial charge < -0.3 is 15.4 Å². The van der Waals surface area contributed by atoms with Crippen LogP contribution in [0.2, 0.25) is 0 Å². The summed E-state index contributed by atoms with van der Waals surface area (Å²) < 4.78 is 5.92. The lowest BCUT2D eigenvalue weighted by atomic mass is 9.81. The van der Waals surface area contributed by atoms with Crippen LogP contribution < -0.4 is 5.73 Å². The monoisotopic (exact) mass is 280 g/mol. The summed E-state index contributed by atoms with van der Waals surface area (Å²) in [5.41, 5.74) is 5.52. The van der Waals surface area contributed by atoms with Gasteiger partial charge in [0.1, 0.15) is 0 Å². The van der Waals surface area contributed by atoms with Gasteiger partial charge in [-0.25, -0.2) is 0 Å². The van der Waals surface area contributed by atoms with Crippen LogP contribution in [0.3, 0.4) is 0 Å². The van der Waals surface area contributed by atoms with Gasteiger partial charge in [-0.15, -0.1) is 0 Å². The molecule has 3 nitrogen and oxygen atoms in total. The standard InChI is InChI=1S/C17H32N2O/c18-9-2-12-20-17-7-10-19(11-8-17)16-4-1-3-15(13-16)14-5-6-14/h14-17H,1-13,18H2. The van der Waals surface area contributed by atoms with Crippen LogP contribution in [0, 0.1) is 11.8 Å². The normalized spacial score (nSPS) is 33.5. The Balaban J connectivity index is 1.38. The zero-order valence-corrected chi connectivity index (χ0v) is 12.9. The van der Waals surface area contributed by atoms with Gasteiger partial charge in [0.15, 0.2) is 0 Å². The van der Waals surface area contributed by atoms with Crippen molar-refractivity contribution in [3.8, 4) is 0 Å². The molecule has 3 heteroatoms. The van der Waals surface area contributed by atoms with Gasteiger partial charge in [0, 0.05) is 25.7 Å². The molecule has 1 saturated heterocycles. The maximum Gasteiger partial charge on any atom is 0.0599 e. The van der Waals surface area contributed by atoms with E-state index < -0.39 is 0 Å². The molecule has 0 aromatic carbocycles. The largest absolute Gasteiger partial charge is 0.378 e. The SMILES string of the molecule is NCCCOC1CCN(C2CCCC(C3CC3)C2)CC1. The predicted molar refractivity (Wildman–Crippen MR) is 82.7 cm³/mol. The van der Waals surface area contributed by atoms with Crippen molar-refractivity contribution >= 4 is 0 Å². The average molecular weight is 280 g/mol. The van der Waals surface area contributed by atoms with Gasteiger partial charge in [-0.1, -0.05) is 12.8 Å². The summed E-state index contributed by atoms with van der Waals surface area (Å²) in [6, 6.07) is 0.888. The van der Waals surface area contributed by atoms with E-state index in [1.54, 1.807) is 0 Å². The molecule has 2 N–H and O–H groups in total. The van der Waals surface area contributed by atoms with Crippen molar-refractivity contribution in [3.63, 3.8) is 0 Å². The lowest BCUT2D eigenvalue weighted by Gasteiger charge is -2.41. The first kappa shape index (κ1) is 14.8. The van der Waals surface area contributed by atoms with Gasteiger partial charge in [-0.05, 0) is 63.3 Å². The Labute approximate surface area is 124 Å². The molecule has 0 spiro atoms. The molecule has 20 heavy (non-hydrogen) atoms. The van der Waals surface area contributed by atoms with Crippen LogP contribution in [0.5, 0.6) is 0 Å². The highest BCUT2D eigenvalue weighted by atomic mass is 16.5. The summed E-state index contributed by atoms with van der Waals surface area (Å²) in [4.78, 5) is 2.78. The van der Waals surface area contributed by atoms with Crippen LogP contribution >= 0.6 is 0 Å². The van der Waals surface area contributed by atoms with Crippen LogP contribution in [-0.4, -0.2) is 43.3 Å². The van der Waals surface area contributed by atoms with Crippen molar-refractivity contribution in [1.82, 2.24) is 4.90 Å². The summed E-state index contributed by atoms with van der Waals surface area (Å²) in [6.45, 7) is 4.13. The van der Waals surface area contributed by atoms with Gasteiger partial charge in [-0.2, -0.15) is 0 Å². The lowest BCUT2D eigenvalue weighted by Crippen LogP contribution is -2.45. The van der Waals surface area contributed by atoms with Crippen molar-refractivity contribution < 1.29 is 4.74 Å². The maximum absolute atomic E-state index is 5.92. The fourth-order valence-electron chi connectivity index (χ4n) is 4.27. The number of nitrogens with two attached hydrogens (primary N) is 1. The number of likely N-dealkylation sites (tertiary alicyclic amines) is 1. The molecule has 3 aliphatic rings. The van der Waals surface area contributed by atoms with Gasteiger partial charge in [-0.3, -0.25) is 0 Å². The number of nitrogens with zero attached hydrogens (tertiary/aromatic N) is 1. The number of ether oxygens (including phenoxy) is 1. The number of hydrogen-bond donors (Lipinski definition) is 1. The van der Waals surface area contributed by atoms with E-state index in [0.29, 0.717) is 6.10 Å². The van der Waals surface area contributed by atoms with Crippen molar-refractivity contribution in [2.24, 2.45) is 17.6 Å². The first-order valence-corrected chi connectivity index (χ1v) is 8.92. The molecule has 1 aliphatic heterocycles. The van der Waals surface area contributed by atoms with E-state index in [9.17, 15) is 0 Å². The molecular formula is C17H32N2O. The molecule has 0 radical (unpaired) electrons. The predicted octanol–water partition coefficient (Wildman–Crippen LogP) is 2.79. The minimum atomic E-state index is 0.501. The molecule has 2 unspecified atom stereocenters. The molecule has 2 saturated carbocycles. The Hall–Kier alpha value is -0.120. The fraction of sp³-hybridized carbons (Fsp3) is 1.00. The molecule has 0 aromatic rings. The van der Waals surface area contributed by atoms with Crippen LogP contribution in [0.15, 0.2) is 0 Å². The Bertz CT molecular complexity index is 285. The number of piperidine rings is 1. The smallest absolute Gasteiger partial charge is 0.0599 e. The van der Waals surface area contributed by atoms with Gasteiger partial charge >= 0.3 is 0 Å². The number of rotatable bonds is 6. The molecule has 0 amide bonds. The molecule has 116 valence electrons. The van der Waals surface area contributed by atoms with Crippen LogP contribution in [0.1, 0.15) is 57.8 Å². The minimum Gasteiger partial charge on any atom is -0.378 e. The fourth-order valence-corrected chi connectivity index (χ4v) is 4.27. The maximum atomic E-state index is 5.92. The van der Waals surface area contributed by atoms with Crippen molar-refractivity contribution in [2.75, 3.05) is 26.2 Å². The topological polar surface area (TPSA) is 38.5 Å². The van der Waals surface area contributed by atoms with Gasteiger partial charge in [0.05, 0.1) is 6.10 Å². The van der Waals surface area contributed by atoms with Crippen LogP contribution in [0.4, 0.5) is 0 Å². The van der Waals surface area contributed by atoms with E-state index in [-0.39, 0.29) is 0 Å². The molecule has 3 fully saturated rings. The van der Waals surface area contributed by atoms with E-state index in [2.05, 4.69) is 4.90 Å². The third-order valence-electron chi connectivity index (χ3n) is 5.67. The highest BCUT2D eigenvalue weighted by Crippen LogP contribution is 2.45. The highest BCUT2D eigenvalue weighted by Gasteiger charge is 2.37. The Morgan fingerprint density at radius 2 is 1.75 bits per heavy atom. The summed E-state index contributed by atoms with van der Waals surface area (Å²) in [6.07, 6.45) is 12.9. The summed E-state index contributed by atoms with van der Waals surface area (Å²) in [5, 5.41) is 0. The quantitative estimate of drug-likeness (QED) is 0.760. The molecular weight excluding hydrogens is 248 g/mol. The first-order valence-electron chi connectivity index (χ1n) is 8.92. The van der Waals surface area contributed by atoms with Crippen molar-refractivity contribution in [2.45, 2.75) is 69.9 Å². The van der Waals surface area contributed by atoms with E-state index >= 15 is 0 Å². The molecule has 0 bridgehead atoms. The van der Waals surface area contributed by atoms with Gasteiger partial charge in [0.25, 0.3) is 0 Å². The van der Waals surface area contributed by atoms with Crippen molar-refractivity contribution in [3.05, 3.63) is 0 Å². The Kier molecular flexibility index (Phi) is 5.36. The molecule has 2 atom stereocenters. The first-order chi connectivity index (χ1) is 9.86. The molecule has 2 aliphatic carbocycles. The molecule has 3 rings (SSSR count). The lowest BCUT2D eigenvalue weighted by molar-refractivity contribution is -0.00958. The zero-order valence-electron chi connectivity index (χ0n) is 12.9. The Morgan fingerprint density at radius 3 is 2.45 bits per heavy atom. The zero-order chi connectivity index (χ0) is 13.8. The summed E-state index contributed by atoms with van der Waals surface area (Å²) in [7, 11) is 0. The third-order valence-corrected chi connectivity index (χ3v) is 5.67. The van der Waals surface area contributed by atoms with Gasteiger partial charge in [0.2, 0.25) is 0 Å². The van der Waals surface area contributed by atoms with Crippen LogP contribution in [-0.2, 0) is 4.74 Å². The summed E-state index contributed by atoms with van der Waals surface area (Å²) in [5.74, 6) is 2.17. The second-order valence-corrected chi connectivity index (χ2v) is 7.17. The Morgan fingerprint density at radius 1 is 0.950 bits per heavy atom. The molecule has 0 aromatic heterocycles. The van der Waals surface area contributed by atoms with Crippen LogP contribution in [0.25, 0.3) is 0 Å². The average Bonchev–Trinajstić information content (AvgIpc) is 3.33. The van der Waals surface area contributed by atoms with E-state index in [1.807, 2.05) is 0 Å². The van der Waals surface area contributed by atoms with Crippen molar-refractivity contribution in [1.29, 1.82) is 0 Å². The minimum absolute atomic E-state index is 0.501. The van der Waals surface area contributed by atoms with E-state index in [0.717, 1.165) is 37.5 Å². The van der Waals surface area contributed by atoms with E-state index in [1.165, 1.54) is 64.5 Å². The number of hydrogen-bond acceptors (Lipinski definition) is 3. The third kappa shape index (κ3) is 3.96. The highest BCUT2D eigenvalue weighted by molar-refractivity contribution is 4.90. The van der Waals surface area contributed by atoms with E-state index in [4.69, 9.17) is 10.5 Å².